The molecule has 2 nitrogen and oxygen atoms in total. The van der Waals surface area contributed by atoms with Crippen LogP contribution in [-0.2, 0) is 6.42 Å². The smallest absolute Gasteiger partial charge is 0.0384 e. The van der Waals surface area contributed by atoms with E-state index in [9.17, 15) is 0 Å². The highest BCUT2D eigenvalue weighted by Gasteiger charge is 2.13. The van der Waals surface area contributed by atoms with Gasteiger partial charge in [0.15, 0.2) is 0 Å². The zero-order valence-corrected chi connectivity index (χ0v) is 12.3. The van der Waals surface area contributed by atoms with Crippen molar-refractivity contribution >= 4 is 27.3 Å². The van der Waals surface area contributed by atoms with E-state index in [1.54, 1.807) is 11.3 Å². The maximum atomic E-state index is 4.22. The average molecular weight is 311 g/mol. The summed E-state index contributed by atoms with van der Waals surface area (Å²) in [6, 6.07) is 4.57. The Balaban J connectivity index is 2.20. The molecule has 0 bridgehead atoms. The van der Waals surface area contributed by atoms with Crippen LogP contribution in [0.1, 0.15) is 22.0 Å². The Labute approximate surface area is 114 Å². The first kappa shape index (κ1) is 12.7. The molecule has 0 aliphatic rings. The van der Waals surface area contributed by atoms with Crippen LogP contribution < -0.4 is 5.32 Å². The first-order valence-corrected chi connectivity index (χ1v) is 7.18. The summed E-state index contributed by atoms with van der Waals surface area (Å²) in [5.74, 6) is 0. The van der Waals surface area contributed by atoms with Crippen LogP contribution in [-0.4, -0.2) is 12.0 Å². The Hall–Kier alpha value is -0.710. The third kappa shape index (κ3) is 3.15. The predicted octanol–water partition coefficient (Wildman–Crippen LogP) is 3.72. The van der Waals surface area contributed by atoms with E-state index in [-0.39, 0.29) is 0 Å². The van der Waals surface area contributed by atoms with Crippen molar-refractivity contribution in [3.63, 3.8) is 0 Å². The SMILES string of the molecule is CNC(Cc1cc(Br)cs1)c1cnccc1C. The summed E-state index contributed by atoms with van der Waals surface area (Å²) >= 11 is 5.28. The molecule has 0 fully saturated rings. The van der Waals surface area contributed by atoms with E-state index >= 15 is 0 Å². The van der Waals surface area contributed by atoms with E-state index in [1.807, 2.05) is 19.4 Å². The molecule has 1 atom stereocenters. The normalized spacial score (nSPS) is 12.6. The second-order valence-electron chi connectivity index (χ2n) is 4.01. The standard InChI is InChI=1S/C13H15BrN2S/c1-9-3-4-16-7-12(9)13(15-2)6-11-5-10(14)8-17-11/h3-5,7-8,13,15H,6H2,1-2H3. The second-order valence-corrected chi connectivity index (χ2v) is 5.92. The molecule has 0 amide bonds. The summed E-state index contributed by atoms with van der Waals surface area (Å²) in [6.07, 6.45) is 4.80. The van der Waals surface area contributed by atoms with Gasteiger partial charge in [-0.15, -0.1) is 11.3 Å². The zero-order valence-electron chi connectivity index (χ0n) is 9.90. The molecule has 0 spiro atoms. The summed E-state index contributed by atoms with van der Waals surface area (Å²) in [5, 5.41) is 5.49. The Bertz CT molecular complexity index is 496. The summed E-state index contributed by atoms with van der Waals surface area (Å²) < 4.78 is 1.16. The maximum Gasteiger partial charge on any atom is 0.0384 e. The molecule has 17 heavy (non-hydrogen) atoms. The van der Waals surface area contributed by atoms with Crippen LogP contribution >= 0.6 is 27.3 Å². The molecule has 0 radical (unpaired) electrons. The van der Waals surface area contributed by atoms with Gasteiger partial charge in [0.05, 0.1) is 0 Å². The van der Waals surface area contributed by atoms with Gasteiger partial charge in [-0.25, -0.2) is 0 Å². The highest BCUT2D eigenvalue weighted by atomic mass is 79.9. The Morgan fingerprint density at radius 2 is 2.35 bits per heavy atom. The van der Waals surface area contributed by atoms with Crippen molar-refractivity contribution in [2.24, 2.45) is 0 Å². The maximum absolute atomic E-state index is 4.22. The third-order valence-corrected chi connectivity index (χ3v) is 4.55. The van der Waals surface area contributed by atoms with Crippen LogP contribution in [0.2, 0.25) is 0 Å². The highest BCUT2D eigenvalue weighted by Crippen LogP contribution is 2.26. The van der Waals surface area contributed by atoms with E-state index in [0.29, 0.717) is 6.04 Å². The van der Waals surface area contributed by atoms with E-state index in [0.717, 1.165) is 10.9 Å². The average Bonchev–Trinajstić information content (AvgIpc) is 2.73. The van der Waals surface area contributed by atoms with Crippen LogP contribution in [0.5, 0.6) is 0 Å². The molecular formula is C13H15BrN2S. The number of rotatable bonds is 4. The topological polar surface area (TPSA) is 24.9 Å². The van der Waals surface area contributed by atoms with Gasteiger partial charge in [-0.1, -0.05) is 0 Å². The number of aromatic nitrogens is 1. The molecule has 2 aromatic rings. The van der Waals surface area contributed by atoms with Crippen LogP contribution in [0.25, 0.3) is 0 Å². The van der Waals surface area contributed by atoms with Gasteiger partial charge in [-0.3, -0.25) is 4.98 Å². The van der Waals surface area contributed by atoms with E-state index in [4.69, 9.17) is 0 Å². The lowest BCUT2D eigenvalue weighted by Gasteiger charge is -2.17. The van der Waals surface area contributed by atoms with Gasteiger partial charge in [0.2, 0.25) is 0 Å². The number of likely N-dealkylation sites (N-methyl/N-ethyl adjacent to an activating group) is 1. The lowest BCUT2D eigenvalue weighted by molar-refractivity contribution is 0.591. The van der Waals surface area contributed by atoms with Crippen molar-refractivity contribution in [1.29, 1.82) is 0 Å². The Morgan fingerprint density at radius 3 is 2.94 bits per heavy atom. The molecule has 0 saturated carbocycles. The fourth-order valence-electron chi connectivity index (χ4n) is 1.87. The summed E-state index contributed by atoms with van der Waals surface area (Å²) in [5.41, 5.74) is 2.56. The molecule has 1 unspecified atom stereocenters. The van der Waals surface area contributed by atoms with Crippen LogP contribution in [0.15, 0.2) is 34.4 Å². The van der Waals surface area contributed by atoms with Crippen molar-refractivity contribution in [3.05, 3.63) is 50.4 Å². The van der Waals surface area contributed by atoms with Gasteiger partial charge in [0, 0.05) is 39.6 Å². The first-order chi connectivity index (χ1) is 8.20. The number of halogens is 1. The van der Waals surface area contributed by atoms with Crippen LogP contribution in [0.3, 0.4) is 0 Å². The molecular weight excluding hydrogens is 296 g/mol. The fraction of sp³-hybridized carbons (Fsp3) is 0.308. The van der Waals surface area contributed by atoms with Gasteiger partial charge < -0.3 is 5.32 Å². The zero-order chi connectivity index (χ0) is 12.3. The number of nitrogens with one attached hydrogen (secondary N) is 1. The molecule has 2 aromatic heterocycles. The molecule has 0 aromatic carbocycles. The Morgan fingerprint density at radius 1 is 1.53 bits per heavy atom. The number of hydrogen-bond acceptors (Lipinski definition) is 3. The minimum absolute atomic E-state index is 0.328. The Kier molecular flexibility index (Phi) is 4.31. The quantitative estimate of drug-likeness (QED) is 0.931. The summed E-state index contributed by atoms with van der Waals surface area (Å²) in [7, 11) is 2.00. The lowest BCUT2D eigenvalue weighted by Crippen LogP contribution is -2.19. The number of nitrogens with zero attached hydrogens (tertiary/aromatic N) is 1. The van der Waals surface area contributed by atoms with Gasteiger partial charge in [0.25, 0.3) is 0 Å². The molecule has 90 valence electrons. The second kappa shape index (κ2) is 5.76. The van der Waals surface area contributed by atoms with E-state index in [2.05, 4.69) is 50.7 Å². The predicted molar refractivity (Wildman–Crippen MR) is 76.5 cm³/mol. The molecule has 0 aliphatic heterocycles. The lowest BCUT2D eigenvalue weighted by atomic mass is 10.0. The fourth-order valence-corrected chi connectivity index (χ4v) is 3.37. The number of aryl methyl sites for hydroxylation is 1. The van der Waals surface area contributed by atoms with Gasteiger partial charge in [0.1, 0.15) is 0 Å². The van der Waals surface area contributed by atoms with Gasteiger partial charge in [-0.05, 0) is 53.2 Å². The highest BCUT2D eigenvalue weighted by molar-refractivity contribution is 9.10. The number of thiophene rings is 1. The summed E-state index contributed by atoms with van der Waals surface area (Å²) in [6.45, 7) is 2.13. The van der Waals surface area contributed by atoms with Crippen molar-refractivity contribution in [2.45, 2.75) is 19.4 Å². The van der Waals surface area contributed by atoms with Crippen molar-refractivity contribution in [1.82, 2.24) is 10.3 Å². The van der Waals surface area contributed by atoms with E-state index in [1.165, 1.54) is 16.0 Å². The van der Waals surface area contributed by atoms with Gasteiger partial charge >= 0.3 is 0 Å². The van der Waals surface area contributed by atoms with Crippen LogP contribution in [0.4, 0.5) is 0 Å². The molecule has 4 heteroatoms. The first-order valence-electron chi connectivity index (χ1n) is 5.51. The largest absolute Gasteiger partial charge is 0.313 e. The number of pyridine rings is 1. The minimum atomic E-state index is 0.328. The molecule has 0 saturated heterocycles. The number of hydrogen-bond donors (Lipinski definition) is 1. The molecule has 0 aliphatic carbocycles. The molecule has 1 N–H and O–H groups in total. The van der Waals surface area contributed by atoms with Crippen molar-refractivity contribution < 1.29 is 0 Å². The molecule has 2 rings (SSSR count). The monoisotopic (exact) mass is 310 g/mol. The van der Waals surface area contributed by atoms with Gasteiger partial charge in [-0.2, -0.15) is 0 Å². The van der Waals surface area contributed by atoms with E-state index < -0.39 is 0 Å². The van der Waals surface area contributed by atoms with Crippen molar-refractivity contribution in [3.8, 4) is 0 Å². The third-order valence-electron chi connectivity index (χ3n) is 2.83. The minimum Gasteiger partial charge on any atom is -0.313 e. The van der Waals surface area contributed by atoms with Crippen LogP contribution in [0, 0.1) is 6.92 Å². The molecule has 2 heterocycles. The summed E-state index contributed by atoms with van der Waals surface area (Å²) in [4.78, 5) is 5.59. The van der Waals surface area contributed by atoms with Crippen molar-refractivity contribution in [2.75, 3.05) is 7.05 Å².